The number of para-hydroxylation sites is 2. The number of thioether (sulfide) groups is 1. The van der Waals surface area contributed by atoms with E-state index in [1.165, 1.54) is 19.3 Å². The summed E-state index contributed by atoms with van der Waals surface area (Å²) in [6.45, 7) is 3.02. The van der Waals surface area contributed by atoms with Gasteiger partial charge in [-0.2, -0.15) is 0 Å². The van der Waals surface area contributed by atoms with Crippen molar-refractivity contribution in [3.8, 4) is 11.4 Å². The maximum atomic E-state index is 12.3. The van der Waals surface area contributed by atoms with E-state index in [2.05, 4.69) is 37.7 Å². The smallest absolute Gasteiger partial charge is 0.306 e. The lowest BCUT2D eigenvalue weighted by molar-refractivity contribution is 0.247. The molecule has 2 atom stereocenters. The summed E-state index contributed by atoms with van der Waals surface area (Å²) in [7, 11) is 0. The zero-order valence-corrected chi connectivity index (χ0v) is 19.1. The molecule has 7 nitrogen and oxygen atoms in total. The van der Waals surface area contributed by atoms with Crippen LogP contribution in [0, 0.1) is 5.92 Å². The van der Waals surface area contributed by atoms with Crippen molar-refractivity contribution in [2.24, 2.45) is 5.92 Å². The number of fused-ring (bicyclic) bond motifs is 1. The predicted molar refractivity (Wildman–Crippen MR) is 128 cm³/mol. The van der Waals surface area contributed by atoms with E-state index < -0.39 is 0 Å². The first-order valence-corrected chi connectivity index (χ1v) is 12.4. The van der Waals surface area contributed by atoms with Gasteiger partial charge in [0, 0.05) is 36.3 Å². The topological polar surface area (TPSA) is 81.4 Å². The molecule has 0 aliphatic heterocycles. The molecule has 8 heteroatoms. The van der Waals surface area contributed by atoms with E-state index in [0.29, 0.717) is 18.5 Å². The molecule has 0 spiro atoms. The van der Waals surface area contributed by atoms with Crippen molar-refractivity contribution in [2.45, 2.75) is 56.8 Å². The number of rotatable bonds is 7. The average molecular weight is 449 g/mol. The highest BCUT2D eigenvalue weighted by atomic mass is 32.2. The van der Waals surface area contributed by atoms with E-state index in [9.17, 15) is 4.79 Å². The van der Waals surface area contributed by atoms with Crippen molar-refractivity contribution in [1.82, 2.24) is 29.3 Å². The maximum Gasteiger partial charge on any atom is 0.326 e. The van der Waals surface area contributed by atoms with E-state index in [0.717, 1.165) is 46.2 Å². The molecule has 1 fully saturated rings. The summed E-state index contributed by atoms with van der Waals surface area (Å²) < 4.78 is 4.17. The van der Waals surface area contributed by atoms with Crippen LogP contribution in [0.2, 0.25) is 0 Å². The number of hydrogen-bond acceptors (Lipinski definition) is 5. The van der Waals surface area contributed by atoms with Crippen molar-refractivity contribution < 1.29 is 0 Å². The first-order valence-electron chi connectivity index (χ1n) is 11.4. The second-order valence-corrected chi connectivity index (χ2v) is 9.61. The molecule has 3 heterocycles. The number of nitrogens with zero attached hydrogens (tertiary/aromatic N) is 5. The number of imidazole rings is 1. The Balaban J connectivity index is 1.35. The molecule has 0 saturated heterocycles. The lowest BCUT2D eigenvalue weighted by atomic mass is 9.85. The Morgan fingerprint density at radius 2 is 2.00 bits per heavy atom. The fourth-order valence-corrected chi connectivity index (χ4v) is 5.68. The van der Waals surface area contributed by atoms with Gasteiger partial charge < -0.3 is 4.98 Å². The van der Waals surface area contributed by atoms with Gasteiger partial charge in [0.25, 0.3) is 0 Å². The number of aromatic nitrogens is 6. The maximum absolute atomic E-state index is 12.3. The van der Waals surface area contributed by atoms with Crippen molar-refractivity contribution in [3.63, 3.8) is 0 Å². The van der Waals surface area contributed by atoms with Gasteiger partial charge >= 0.3 is 5.69 Å². The van der Waals surface area contributed by atoms with Crippen LogP contribution in [0.25, 0.3) is 22.4 Å². The zero-order chi connectivity index (χ0) is 21.9. The van der Waals surface area contributed by atoms with Crippen LogP contribution in [0.15, 0.2) is 58.7 Å². The minimum atomic E-state index is -0.0470. The molecule has 4 aromatic rings. The SMILES string of the molecule is C[C@H]1CCCC[C@H]1n1c(SCCCn2c(=O)[nH]c3ccccc32)nnc1-c1cccnc1. The quantitative estimate of drug-likeness (QED) is 0.321. The van der Waals surface area contributed by atoms with Crippen LogP contribution < -0.4 is 5.69 Å². The Bertz CT molecular complexity index is 1240. The summed E-state index contributed by atoms with van der Waals surface area (Å²) in [6.07, 6.45) is 9.47. The lowest BCUT2D eigenvalue weighted by Gasteiger charge is -2.31. The molecule has 0 radical (unpaired) electrons. The van der Waals surface area contributed by atoms with E-state index in [1.807, 2.05) is 41.1 Å². The molecule has 1 N–H and O–H groups in total. The summed E-state index contributed by atoms with van der Waals surface area (Å²) in [5.74, 6) is 2.38. The molecule has 0 amide bonds. The normalized spacial score (nSPS) is 18.9. The van der Waals surface area contributed by atoms with Crippen LogP contribution in [0.5, 0.6) is 0 Å². The predicted octanol–water partition coefficient (Wildman–Crippen LogP) is 4.92. The Kier molecular flexibility index (Phi) is 6.12. The van der Waals surface area contributed by atoms with Gasteiger partial charge in [-0.15, -0.1) is 10.2 Å². The number of aryl methyl sites for hydroxylation is 1. The molecule has 166 valence electrons. The van der Waals surface area contributed by atoms with Gasteiger partial charge in [-0.25, -0.2) is 4.79 Å². The Morgan fingerprint density at radius 3 is 2.84 bits per heavy atom. The van der Waals surface area contributed by atoms with Gasteiger partial charge in [0.05, 0.1) is 11.0 Å². The monoisotopic (exact) mass is 448 g/mol. The van der Waals surface area contributed by atoms with Gasteiger partial charge in [-0.3, -0.25) is 14.1 Å². The van der Waals surface area contributed by atoms with Crippen molar-refractivity contribution >= 4 is 22.8 Å². The first-order chi connectivity index (χ1) is 15.7. The molecule has 5 rings (SSSR count). The third-order valence-corrected chi connectivity index (χ3v) is 7.45. The number of hydrogen-bond donors (Lipinski definition) is 1. The third-order valence-electron chi connectivity index (χ3n) is 6.42. The number of pyridine rings is 1. The summed E-state index contributed by atoms with van der Waals surface area (Å²) >= 11 is 1.73. The third kappa shape index (κ3) is 4.11. The summed E-state index contributed by atoms with van der Waals surface area (Å²) in [5, 5.41) is 10.1. The Labute approximate surface area is 191 Å². The summed E-state index contributed by atoms with van der Waals surface area (Å²) in [4.78, 5) is 19.5. The highest BCUT2D eigenvalue weighted by molar-refractivity contribution is 7.99. The molecule has 1 aromatic carbocycles. The highest BCUT2D eigenvalue weighted by Crippen LogP contribution is 2.38. The van der Waals surface area contributed by atoms with Crippen LogP contribution in [0.4, 0.5) is 0 Å². The van der Waals surface area contributed by atoms with Crippen LogP contribution in [0.1, 0.15) is 45.1 Å². The highest BCUT2D eigenvalue weighted by Gasteiger charge is 2.28. The summed E-state index contributed by atoms with van der Waals surface area (Å²) in [5.41, 5.74) is 2.81. The fraction of sp³-hybridized carbons (Fsp3) is 0.417. The van der Waals surface area contributed by atoms with Crippen LogP contribution in [-0.2, 0) is 6.54 Å². The van der Waals surface area contributed by atoms with Crippen molar-refractivity contribution in [2.75, 3.05) is 5.75 Å². The van der Waals surface area contributed by atoms with Crippen molar-refractivity contribution in [3.05, 3.63) is 59.3 Å². The molecule has 32 heavy (non-hydrogen) atoms. The molecule has 0 bridgehead atoms. The van der Waals surface area contributed by atoms with Gasteiger partial charge in [0.15, 0.2) is 11.0 Å². The number of aromatic amines is 1. The molecule has 0 unspecified atom stereocenters. The standard InChI is InChI=1S/C24H28N6OS/c1-17-8-2-4-11-20(17)30-22(18-9-6-13-25-16-18)27-28-24(30)32-15-7-14-29-21-12-5-3-10-19(21)26-23(29)31/h3,5-6,9-10,12-13,16-17,20H,2,4,7-8,11,14-15H2,1H3,(H,26,31)/t17-,20+/m0/s1. The Hall–Kier alpha value is -2.87. The Morgan fingerprint density at radius 1 is 1.12 bits per heavy atom. The minimum absolute atomic E-state index is 0.0470. The van der Waals surface area contributed by atoms with Crippen LogP contribution >= 0.6 is 11.8 Å². The minimum Gasteiger partial charge on any atom is -0.306 e. The average Bonchev–Trinajstić information content (AvgIpc) is 3.38. The van der Waals surface area contributed by atoms with Crippen LogP contribution in [0.3, 0.4) is 0 Å². The second-order valence-electron chi connectivity index (χ2n) is 8.55. The lowest BCUT2D eigenvalue weighted by Crippen LogP contribution is -2.22. The number of H-pyrrole nitrogens is 1. The van der Waals surface area contributed by atoms with E-state index >= 15 is 0 Å². The van der Waals surface area contributed by atoms with Gasteiger partial charge in [-0.1, -0.05) is 43.7 Å². The van der Waals surface area contributed by atoms with Gasteiger partial charge in [0.2, 0.25) is 0 Å². The molecule has 1 saturated carbocycles. The van der Waals surface area contributed by atoms with Gasteiger partial charge in [0.1, 0.15) is 0 Å². The number of nitrogens with one attached hydrogen (secondary N) is 1. The molecular formula is C24H28N6OS. The van der Waals surface area contributed by atoms with Crippen LogP contribution in [-0.4, -0.2) is 35.1 Å². The second kappa shape index (κ2) is 9.32. The molecule has 3 aromatic heterocycles. The molecular weight excluding hydrogens is 420 g/mol. The van der Waals surface area contributed by atoms with Crippen molar-refractivity contribution in [1.29, 1.82) is 0 Å². The number of benzene rings is 1. The van der Waals surface area contributed by atoms with E-state index in [1.54, 1.807) is 18.0 Å². The fourth-order valence-electron chi connectivity index (χ4n) is 4.76. The molecule has 1 aliphatic carbocycles. The largest absolute Gasteiger partial charge is 0.326 e. The van der Waals surface area contributed by atoms with E-state index in [4.69, 9.17) is 0 Å². The zero-order valence-electron chi connectivity index (χ0n) is 18.3. The first kappa shape index (κ1) is 21.0. The van der Waals surface area contributed by atoms with E-state index in [-0.39, 0.29) is 5.69 Å². The molecule has 1 aliphatic rings. The van der Waals surface area contributed by atoms with Gasteiger partial charge in [-0.05, 0) is 49.4 Å². The summed E-state index contributed by atoms with van der Waals surface area (Å²) in [6, 6.07) is 12.2.